The molecule has 164 valence electrons. The molecule has 30 heavy (non-hydrogen) atoms. The fourth-order valence-corrected chi connectivity index (χ4v) is 3.83. The Kier molecular flexibility index (Phi) is 8.17. The molecule has 6 heteroatoms. The van der Waals surface area contributed by atoms with Crippen LogP contribution in [0.1, 0.15) is 38.3 Å². The molecule has 6 nitrogen and oxygen atoms in total. The minimum absolute atomic E-state index is 0.540. The van der Waals surface area contributed by atoms with Crippen LogP contribution in [0.5, 0.6) is 5.75 Å². The third-order valence-corrected chi connectivity index (χ3v) is 5.37. The predicted octanol–water partition coefficient (Wildman–Crippen LogP) is 3.53. The molecule has 0 saturated carbocycles. The zero-order valence-electron chi connectivity index (χ0n) is 19.0. The zero-order valence-corrected chi connectivity index (χ0v) is 19.0. The van der Waals surface area contributed by atoms with Crippen LogP contribution in [0.15, 0.2) is 41.7 Å². The van der Waals surface area contributed by atoms with Gasteiger partial charge >= 0.3 is 0 Å². The molecule has 0 radical (unpaired) electrons. The van der Waals surface area contributed by atoms with Gasteiger partial charge in [-0.3, -0.25) is 9.67 Å². The van der Waals surface area contributed by atoms with Crippen molar-refractivity contribution in [3.8, 4) is 5.75 Å². The highest BCUT2D eigenvalue weighted by atomic mass is 16.5. The van der Waals surface area contributed by atoms with Crippen molar-refractivity contribution < 1.29 is 4.74 Å². The second-order valence-corrected chi connectivity index (χ2v) is 8.66. The van der Waals surface area contributed by atoms with Crippen LogP contribution in [0.2, 0.25) is 0 Å². The molecule has 1 unspecified atom stereocenters. The lowest BCUT2D eigenvalue weighted by Crippen LogP contribution is -2.40. The Morgan fingerprint density at radius 1 is 1.27 bits per heavy atom. The average Bonchev–Trinajstić information content (AvgIpc) is 3.36. The summed E-state index contributed by atoms with van der Waals surface area (Å²) in [6.07, 6.45) is 7.35. The van der Waals surface area contributed by atoms with Crippen LogP contribution in [0.4, 0.5) is 0 Å². The molecule has 0 bridgehead atoms. The van der Waals surface area contributed by atoms with E-state index in [1.807, 2.05) is 17.9 Å². The molecule has 2 heterocycles. The molecule has 3 rings (SSSR count). The summed E-state index contributed by atoms with van der Waals surface area (Å²) >= 11 is 0. The van der Waals surface area contributed by atoms with Gasteiger partial charge in [-0.2, -0.15) is 5.10 Å². The van der Waals surface area contributed by atoms with Gasteiger partial charge < -0.3 is 15.0 Å². The maximum atomic E-state index is 5.77. The molecule has 1 aliphatic rings. The molecule has 1 N–H and O–H groups in total. The van der Waals surface area contributed by atoms with Crippen molar-refractivity contribution in [2.24, 2.45) is 23.9 Å². The van der Waals surface area contributed by atoms with E-state index in [1.54, 1.807) is 0 Å². The van der Waals surface area contributed by atoms with Crippen molar-refractivity contribution in [2.75, 3.05) is 32.8 Å². The number of hydrogen-bond donors (Lipinski definition) is 1. The first kappa shape index (κ1) is 22.2. The van der Waals surface area contributed by atoms with Gasteiger partial charge in [0, 0.05) is 39.4 Å². The normalized spacial score (nSPS) is 17.0. The number of guanidine groups is 1. The Morgan fingerprint density at radius 3 is 2.73 bits per heavy atom. The van der Waals surface area contributed by atoms with Gasteiger partial charge in [0.15, 0.2) is 5.96 Å². The monoisotopic (exact) mass is 411 g/mol. The summed E-state index contributed by atoms with van der Waals surface area (Å²) < 4.78 is 7.65. The maximum absolute atomic E-state index is 5.77. The molecule has 1 aliphatic heterocycles. The van der Waals surface area contributed by atoms with E-state index in [1.165, 1.54) is 17.5 Å². The average molecular weight is 412 g/mol. The summed E-state index contributed by atoms with van der Waals surface area (Å²) in [6.45, 7) is 11.0. The maximum Gasteiger partial charge on any atom is 0.193 e. The molecular formula is C24H37N5O. The lowest BCUT2D eigenvalue weighted by molar-refractivity contribution is 0.271. The zero-order chi connectivity index (χ0) is 21.3. The summed E-state index contributed by atoms with van der Waals surface area (Å²) in [5, 5.41) is 7.77. The first-order chi connectivity index (χ1) is 14.5. The van der Waals surface area contributed by atoms with Crippen molar-refractivity contribution in [3.63, 3.8) is 0 Å². The Hall–Kier alpha value is -2.50. The molecule has 1 fully saturated rings. The molecule has 1 saturated heterocycles. The lowest BCUT2D eigenvalue weighted by Gasteiger charge is -2.21. The summed E-state index contributed by atoms with van der Waals surface area (Å²) in [5.41, 5.74) is 2.62. The van der Waals surface area contributed by atoms with Crippen LogP contribution >= 0.6 is 0 Å². The highest BCUT2D eigenvalue weighted by Crippen LogP contribution is 2.21. The molecule has 1 atom stereocenters. The van der Waals surface area contributed by atoms with E-state index in [0.29, 0.717) is 11.8 Å². The summed E-state index contributed by atoms with van der Waals surface area (Å²) in [6, 6.07) is 8.43. The summed E-state index contributed by atoms with van der Waals surface area (Å²) in [5.74, 6) is 3.19. The van der Waals surface area contributed by atoms with E-state index in [0.717, 1.165) is 57.3 Å². The fourth-order valence-electron chi connectivity index (χ4n) is 3.83. The molecule has 0 amide bonds. The van der Waals surface area contributed by atoms with Gasteiger partial charge in [0.1, 0.15) is 5.75 Å². The van der Waals surface area contributed by atoms with Crippen LogP contribution in [0, 0.1) is 11.8 Å². The largest absolute Gasteiger partial charge is 0.493 e. The van der Waals surface area contributed by atoms with E-state index >= 15 is 0 Å². The second-order valence-electron chi connectivity index (χ2n) is 8.66. The summed E-state index contributed by atoms with van der Waals surface area (Å²) in [4.78, 5) is 7.31. The highest BCUT2D eigenvalue weighted by Gasteiger charge is 2.25. The van der Waals surface area contributed by atoms with Gasteiger partial charge in [-0.15, -0.1) is 0 Å². The van der Waals surface area contributed by atoms with Crippen LogP contribution in [-0.4, -0.2) is 53.4 Å². The van der Waals surface area contributed by atoms with Gasteiger partial charge in [0.05, 0.1) is 12.8 Å². The first-order valence-corrected chi connectivity index (χ1v) is 11.3. The van der Waals surface area contributed by atoms with Crippen molar-refractivity contribution >= 4 is 5.96 Å². The molecule has 0 aliphatic carbocycles. The minimum Gasteiger partial charge on any atom is -0.493 e. The number of aromatic nitrogens is 2. The SMILES string of the molecule is CCNC(=NCCc1ccc(OCC(C)C)cc1)N1CCC(Cc2cnn(C)c2)C1. The molecule has 1 aromatic carbocycles. The molecule has 2 aromatic rings. The number of benzene rings is 1. The van der Waals surface area contributed by atoms with Crippen molar-refractivity contribution in [1.29, 1.82) is 0 Å². The van der Waals surface area contributed by atoms with Crippen LogP contribution < -0.4 is 10.1 Å². The topological polar surface area (TPSA) is 54.7 Å². The van der Waals surface area contributed by atoms with Crippen LogP contribution in [0.25, 0.3) is 0 Å². The van der Waals surface area contributed by atoms with E-state index in [2.05, 4.69) is 66.5 Å². The Labute approximate surface area is 181 Å². The van der Waals surface area contributed by atoms with Gasteiger partial charge in [-0.05, 0) is 61.3 Å². The molecular weight excluding hydrogens is 374 g/mol. The van der Waals surface area contributed by atoms with Crippen LogP contribution in [0.3, 0.4) is 0 Å². The second kappa shape index (κ2) is 11.0. The Morgan fingerprint density at radius 2 is 2.07 bits per heavy atom. The van der Waals surface area contributed by atoms with Gasteiger partial charge in [0.2, 0.25) is 0 Å². The minimum atomic E-state index is 0.540. The van der Waals surface area contributed by atoms with Gasteiger partial charge in [-0.25, -0.2) is 0 Å². The highest BCUT2D eigenvalue weighted by molar-refractivity contribution is 5.80. The number of aryl methyl sites for hydroxylation is 1. The van der Waals surface area contributed by atoms with Crippen molar-refractivity contribution in [3.05, 3.63) is 47.8 Å². The third kappa shape index (κ3) is 6.78. The quantitative estimate of drug-likeness (QED) is 0.507. The number of likely N-dealkylation sites (tertiary alicyclic amines) is 1. The van der Waals surface area contributed by atoms with E-state index < -0.39 is 0 Å². The Balaban J connectivity index is 1.49. The third-order valence-electron chi connectivity index (χ3n) is 5.37. The number of nitrogens with zero attached hydrogens (tertiary/aromatic N) is 4. The standard InChI is InChI=1S/C24H37N5O/c1-5-25-24(29-13-11-21(17-29)14-22-15-27-28(4)16-22)26-12-10-20-6-8-23(9-7-20)30-18-19(2)3/h6-9,15-16,19,21H,5,10-14,17-18H2,1-4H3,(H,25,26). The van der Waals surface area contributed by atoms with E-state index in [4.69, 9.17) is 9.73 Å². The first-order valence-electron chi connectivity index (χ1n) is 11.3. The van der Waals surface area contributed by atoms with Gasteiger partial charge in [-0.1, -0.05) is 26.0 Å². The van der Waals surface area contributed by atoms with Crippen molar-refractivity contribution in [1.82, 2.24) is 20.0 Å². The van der Waals surface area contributed by atoms with Gasteiger partial charge in [0.25, 0.3) is 0 Å². The fraction of sp³-hybridized carbons (Fsp3) is 0.583. The van der Waals surface area contributed by atoms with E-state index in [-0.39, 0.29) is 0 Å². The lowest BCUT2D eigenvalue weighted by atomic mass is 10.0. The molecule has 0 spiro atoms. The number of ether oxygens (including phenoxy) is 1. The number of hydrogen-bond acceptors (Lipinski definition) is 3. The predicted molar refractivity (Wildman–Crippen MR) is 123 cm³/mol. The molecule has 1 aromatic heterocycles. The number of aliphatic imine (C=N–C) groups is 1. The summed E-state index contributed by atoms with van der Waals surface area (Å²) in [7, 11) is 1.98. The van der Waals surface area contributed by atoms with E-state index in [9.17, 15) is 0 Å². The Bertz CT molecular complexity index is 796. The number of rotatable bonds is 9. The van der Waals surface area contributed by atoms with Crippen molar-refractivity contribution in [2.45, 2.75) is 40.0 Å². The number of nitrogens with one attached hydrogen (secondary N) is 1. The van der Waals surface area contributed by atoms with Crippen LogP contribution in [-0.2, 0) is 19.9 Å². The smallest absolute Gasteiger partial charge is 0.193 e.